The molecule has 0 aromatic rings. The van der Waals surface area contributed by atoms with Crippen LogP contribution in [0.1, 0.15) is 44.9 Å². The van der Waals surface area contributed by atoms with Crippen molar-refractivity contribution in [1.82, 2.24) is 0 Å². The Kier molecular flexibility index (Phi) is 4.27. The molecule has 0 unspecified atom stereocenters. The molecule has 1 aliphatic rings. The maximum atomic E-state index is 2.26. The highest BCUT2D eigenvalue weighted by molar-refractivity contribution is 7.99. The van der Waals surface area contributed by atoms with Crippen molar-refractivity contribution in [2.45, 2.75) is 50.2 Å². The van der Waals surface area contributed by atoms with Gasteiger partial charge in [-0.15, -0.1) is 0 Å². The van der Waals surface area contributed by atoms with Crippen LogP contribution in [0, 0.1) is 0 Å². The molecule has 1 fully saturated rings. The van der Waals surface area contributed by atoms with Crippen molar-refractivity contribution >= 4 is 11.8 Å². The molecule has 0 N–H and O–H groups in total. The number of thioether (sulfide) groups is 1. The quantitative estimate of drug-likeness (QED) is 0.563. The van der Waals surface area contributed by atoms with Crippen molar-refractivity contribution in [2.24, 2.45) is 0 Å². The third kappa shape index (κ3) is 2.96. The Bertz CT molecular complexity index is 72.8. The van der Waals surface area contributed by atoms with Gasteiger partial charge in [-0.3, -0.25) is 0 Å². The van der Waals surface area contributed by atoms with Gasteiger partial charge in [0.1, 0.15) is 0 Å². The fraction of sp³-hybridized carbons (Fsp3) is 1.00. The first-order valence-electron chi connectivity index (χ1n) is 4.46. The first-order valence-corrected chi connectivity index (χ1v) is 5.75. The number of hydrogen-bond acceptors (Lipinski definition) is 1. The lowest BCUT2D eigenvalue weighted by Gasteiger charge is -2.16. The predicted molar refractivity (Wildman–Crippen MR) is 49.6 cm³/mol. The Hall–Kier alpha value is 0.350. The van der Waals surface area contributed by atoms with Crippen LogP contribution in [0.5, 0.6) is 0 Å². The van der Waals surface area contributed by atoms with Gasteiger partial charge in [0.05, 0.1) is 0 Å². The van der Waals surface area contributed by atoms with Gasteiger partial charge in [0.25, 0.3) is 0 Å². The van der Waals surface area contributed by atoms with Crippen molar-refractivity contribution in [1.29, 1.82) is 0 Å². The summed E-state index contributed by atoms with van der Waals surface area (Å²) in [5.74, 6) is 0. The molecule has 1 heteroatoms. The summed E-state index contributed by atoms with van der Waals surface area (Å²) in [6.45, 7) is 0. The predicted octanol–water partition coefficient (Wildman–Crippen LogP) is 3.46. The maximum Gasteiger partial charge on any atom is 0.00442 e. The largest absolute Gasteiger partial charge is 0.162 e. The summed E-state index contributed by atoms with van der Waals surface area (Å²) in [6.07, 6.45) is 12.6. The van der Waals surface area contributed by atoms with Gasteiger partial charge < -0.3 is 0 Å². The van der Waals surface area contributed by atoms with Crippen molar-refractivity contribution < 1.29 is 0 Å². The normalized spacial score (nSPS) is 23.7. The zero-order valence-electron chi connectivity index (χ0n) is 6.94. The number of rotatable bonds is 1. The topological polar surface area (TPSA) is 0 Å². The summed E-state index contributed by atoms with van der Waals surface area (Å²) in [4.78, 5) is 0. The SMILES string of the molecule is CSC1CCCCCCC1. The summed E-state index contributed by atoms with van der Waals surface area (Å²) >= 11 is 2.07. The molecule has 0 aromatic heterocycles. The molecule has 0 amide bonds. The Morgan fingerprint density at radius 3 is 1.90 bits per heavy atom. The van der Waals surface area contributed by atoms with Crippen LogP contribution in [0.4, 0.5) is 0 Å². The first kappa shape index (κ1) is 8.45. The third-order valence-corrected chi connectivity index (χ3v) is 3.52. The van der Waals surface area contributed by atoms with Gasteiger partial charge in [-0.05, 0) is 19.1 Å². The van der Waals surface area contributed by atoms with E-state index >= 15 is 0 Å². The zero-order chi connectivity index (χ0) is 7.23. The third-order valence-electron chi connectivity index (χ3n) is 2.39. The molecule has 1 saturated carbocycles. The lowest BCUT2D eigenvalue weighted by atomic mass is 10.0. The smallest absolute Gasteiger partial charge is 0.00442 e. The Labute approximate surface area is 68.8 Å². The minimum absolute atomic E-state index is 0.986. The molecular weight excluding hydrogens is 140 g/mol. The van der Waals surface area contributed by atoms with Crippen molar-refractivity contribution in [3.8, 4) is 0 Å². The van der Waals surface area contributed by atoms with E-state index in [0.717, 1.165) is 5.25 Å². The van der Waals surface area contributed by atoms with Crippen molar-refractivity contribution in [3.05, 3.63) is 0 Å². The van der Waals surface area contributed by atoms with E-state index in [9.17, 15) is 0 Å². The minimum Gasteiger partial charge on any atom is -0.162 e. The van der Waals surface area contributed by atoms with E-state index in [4.69, 9.17) is 0 Å². The first-order chi connectivity index (χ1) is 4.93. The van der Waals surface area contributed by atoms with Crippen molar-refractivity contribution in [3.63, 3.8) is 0 Å². The molecule has 1 rings (SSSR count). The monoisotopic (exact) mass is 158 g/mol. The van der Waals surface area contributed by atoms with E-state index in [1.165, 1.54) is 44.9 Å². The highest BCUT2D eigenvalue weighted by Crippen LogP contribution is 2.24. The fourth-order valence-corrected chi connectivity index (χ4v) is 2.46. The van der Waals surface area contributed by atoms with Gasteiger partial charge in [0.15, 0.2) is 0 Å². The number of hydrogen-bond donors (Lipinski definition) is 0. The van der Waals surface area contributed by atoms with Crippen molar-refractivity contribution in [2.75, 3.05) is 6.26 Å². The Balaban J connectivity index is 2.16. The second-order valence-corrected chi connectivity index (χ2v) is 4.34. The van der Waals surface area contributed by atoms with E-state index in [1.54, 1.807) is 0 Å². The summed E-state index contributed by atoms with van der Waals surface area (Å²) < 4.78 is 0. The molecule has 0 atom stereocenters. The fourth-order valence-electron chi connectivity index (χ4n) is 1.65. The highest BCUT2D eigenvalue weighted by atomic mass is 32.2. The van der Waals surface area contributed by atoms with Gasteiger partial charge in [0.2, 0.25) is 0 Å². The van der Waals surface area contributed by atoms with Gasteiger partial charge in [-0.25, -0.2) is 0 Å². The van der Waals surface area contributed by atoms with Gasteiger partial charge in [-0.2, -0.15) is 11.8 Å². The second kappa shape index (κ2) is 5.06. The summed E-state index contributed by atoms with van der Waals surface area (Å²) in [5, 5.41) is 0.986. The van der Waals surface area contributed by atoms with E-state index in [-0.39, 0.29) is 0 Å². The van der Waals surface area contributed by atoms with E-state index < -0.39 is 0 Å². The molecule has 0 nitrogen and oxygen atoms in total. The molecule has 0 spiro atoms. The maximum absolute atomic E-state index is 2.26. The minimum atomic E-state index is 0.986. The lowest BCUT2D eigenvalue weighted by Crippen LogP contribution is -2.04. The zero-order valence-corrected chi connectivity index (χ0v) is 7.75. The van der Waals surface area contributed by atoms with Crippen LogP contribution in [-0.2, 0) is 0 Å². The Morgan fingerprint density at radius 1 is 0.900 bits per heavy atom. The molecule has 10 heavy (non-hydrogen) atoms. The van der Waals surface area contributed by atoms with Crippen LogP contribution < -0.4 is 0 Å². The van der Waals surface area contributed by atoms with Crippen LogP contribution >= 0.6 is 11.8 Å². The average Bonchev–Trinajstić information content (AvgIpc) is 1.87. The summed E-state index contributed by atoms with van der Waals surface area (Å²) in [5.41, 5.74) is 0. The molecule has 0 heterocycles. The van der Waals surface area contributed by atoms with Crippen LogP contribution in [0.3, 0.4) is 0 Å². The molecule has 0 saturated heterocycles. The highest BCUT2D eigenvalue weighted by Gasteiger charge is 2.08. The van der Waals surface area contributed by atoms with Crippen LogP contribution in [-0.4, -0.2) is 11.5 Å². The molecule has 0 bridgehead atoms. The van der Waals surface area contributed by atoms with Gasteiger partial charge in [0, 0.05) is 5.25 Å². The lowest BCUT2D eigenvalue weighted by molar-refractivity contribution is 0.513. The van der Waals surface area contributed by atoms with E-state index in [2.05, 4.69) is 18.0 Å². The van der Waals surface area contributed by atoms with E-state index in [0.29, 0.717) is 0 Å². The molecule has 60 valence electrons. The summed E-state index contributed by atoms with van der Waals surface area (Å²) in [6, 6.07) is 0. The molecular formula is C9H18S. The second-order valence-electron chi connectivity index (χ2n) is 3.20. The van der Waals surface area contributed by atoms with Gasteiger partial charge in [-0.1, -0.05) is 32.1 Å². The molecule has 1 aliphatic carbocycles. The van der Waals surface area contributed by atoms with Crippen LogP contribution in [0.2, 0.25) is 0 Å². The molecule has 0 radical (unpaired) electrons. The van der Waals surface area contributed by atoms with Gasteiger partial charge >= 0.3 is 0 Å². The molecule has 0 aliphatic heterocycles. The van der Waals surface area contributed by atoms with E-state index in [1.807, 2.05) is 0 Å². The summed E-state index contributed by atoms with van der Waals surface area (Å²) in [7, 11) is 0. The Morgan fingerprint density at radius 2 is 1.40 bits per heavy atom. The standard InChI is InChI=1S/C9H18S/c1-10-9-7-5-3-2-4-6-8-9/h9H,2-8H2,1H3. The van der Waals surface area contributed by atoms with Crippen LogP contribution in [0.25, 0.3) is 0 Å². The van der Waals surface area contributed by atoms with Crippen LogP contribution in [0.15, 0.2) is 0 Å². The molecule has 0 aromatic carbocycles. The average molecular weight is 158 g/mol.